The minimum absolute atomic E-state index is 0.257. The van der Waals surface area contributed by atoms with E-state index >= 15 is 0 Å². The van der Waals surface area contributed by atoms with E-state index in [0.29, 0.717) is 17.7 Å². The first-order valence-electron chi connectivity index (χ1n) is 9.70. The summed E-state index contributed by atoms with van der Waals surface area (Å²) in [7, 11) is 2.86. The van der Waals surface area contributed by atoms with Crippen molar-refractivity contribution in [1.29, 1.82) is 0 Å². The molecule has 4 rings (SSSR count). The number of aliphatic hydroxyl groups is 1. The largest absolute Gasteiger partial charge is 0.497 e. The fraction of sp³-hybridized carbons (Fsp3) is 0.304. The monoisotopic (exact) mass is 408 g/mol. The van der Waals surface area contributed by atoms with Crippen LogP contribution in [0.4, 0.5) is 10.5 Å². The summed E-state index contributed by atoms with van der Waals surface area (Å²) in [5.74, 6) is 0.478. The molecule has 2 aliphatic rings. The Labute approximate surface area is 175 Å². The third kappa shape index (κ3) is 3.11. The second-order valence-electron chi connectivity index (χ2n) is 7.57. The lowest BCUT2D eigenvalue weighted by Crippen LogP contribution is -2.50. The third-order valence-electron chi connectivity index (χ3n) is 5.86. The van der Waals surface area contributed by atoms with Gasteiger partial charge in [0.05, 0.1) is 31.5 Å². The van der Waals surface area contributed by atoms with E-state index < -0.39 is 18.4 Å². The molecule has 0 aliphatic carbocycles. The van der Waals surface area contributed by atoms with Gasteiger partial charge >= 0.3 is 6.09 Å². The number of aliphatic hydroxyl groups excluding tert-OH is 1. The summed E-state index contributed by atoms with van der Waals surface area (Å²) in [5, 5.41) is 11.2. The quantitative estimate of drug-likeness (QED) is 0.823. The minimum Gasteiger partial charge on any atom is -0.497 e. The van der Waals surface area contributed by atoms with Crippen LogP contribution in [0.5, 0.6) is 5.75 Å². The van der Waals surface area contributed by atoms with E-state index in [1.54, 1.807) is 25.4 Å². The molecule has 0 unspecified atom stereocenters. The molecule has 2 aromatic carbocycles. The standard InChI is InChI=1S/C23H24N2O5/c1-13-9-18-19(10-14(13)2)25(23(28)30-4)22(27)20-11-16(12-24(20)21(18)26)15-5-7-17(29-3)8-6-15/h5-10,12,20,22,27H,11H2,1-4H3/t20-,22-/m0/s1. The van der Waals surface area contributed by atoms with Crippen LogP contribution in [0.25, 0.3) is 5.57 Å². The molecule has 2 aliphatic heterocycles. The van der Waals surface area contributed by atoms with Gasteiger partial charge in [0, 0.05) is 6.20 Å². The van der Waals surface area contributed by atoms with E-state index in [1.807, 2.05) is 38.1 Å². The van der Waals surface area contributed by atoms with Gasteiger partial charge in [-0.2, -0.15) is 0 Å². The molecule has 0 spiro atoms. The van der Waals surface area contributed by atoms with Gasteiger partial charge in [0.2, 0.25) is 0 Å². The maximum absolute atomic E-state index is 13.4. The SMILES string of the molecule is COC(=O)N1c2cc(C)c(C)cc2C(=O)N2C=C(c3ccc(OC)cc3)C[C@H]2[C@@H]1O. The summed E-state index contributed by atoms with van der Waals surface area (Å²) < 4.78 is 10.1. The molecule has 30 heavy (non-hydrogen) atoms. The highest BCUT2D eigenvalue weighted by Crippen LogP contribution is 2.40. The van der Waals surface area contributed by atoms with Crippen molar-refractivity contribution in [2.75, 3.05) is 19.1 Å². The van der Waals surface area contributed by atoms with E-state index in [-0.39, 0.29) is 5.91 Å². The Morgan fingerprint density at radius 3 is 2.40 bits per heavy atom. The smallest absolute Gasteiger partial charge is 0.416 e. The lowest BCUT2D eigenvalue weighted by atomic mass is 10.0. The Morgan fingerprint density at radius 2 is 1.77 bits per heavy atom. The molecule has 1 N–H and O–H groups in total. The van der Waals surface area contributed by atoms with Gasteiger partial charge in [-0.3, -0.25) is 4.79 Å². The normalized spacial score (nSPS) is 20.3. The Kier molecular flexibility index (Phi) is 4.99. The van der Waals surface area contributed by atoms with Crippen LogP contribution in [0, 0.1) is 13.8 Å². The van der Waals surface area contributed by atoms with Gasteiger partial charge in [-0.15, -0.1) is 0 Å². The highest BCUT2D eigenvalue weighted by molar-refractivity contribution is 6.06. The fourth-order valence-corrected chi connectivity index (χ4v) is 4.03. The van der Waals surface area contributed by atoms with Crippen molar-refractivity contribution in [2.24, 2.45) is 0 Å². The van der Waals surface area contributed by atoms with E-state index in [0.717, 1.165) is 28.0 Å². The van der Waals surface area contributed by atoms with Gasteiger partial charge in [0.25, 0.3) is 5.91 Å². The molecule has 2 aromatic rings. The van der Waals surface area contributed by atoms with Gasteiger partial charge in [-0.1, -0.05) is 12.1 Å². The highest BCUT2D eigenvalue weighted by atomic mass is 16.5. The Balaban J connectivity index is 1.81. The van der Waals surface area contributed by atoms with E-state index in [4.69, 9.17) is 9.47 Å². The van der Waals surface area contributed by atoms with Crippen LogP contribution in [-0.4, -0.2) is 48.5 Å². The number of nitrogens with zero attached hydrogens (tertiary/aromatic N) is 2. The number of fused-ring (bicyclic) bond motifs is 2. The lowest BCUT2D eigenvalue weighted by molar-refractivity contribution is 0.0565. The maximum Gasteiger partial charge on any atom is 0.416 e. The number of methoxy groups -OCH3 is 2. The molecule has 2 heterocycles. The first kappa shape index (κ1) is 20.0. The zero-order valence-corrected chi connectivity index (χ0v) is 17.4. The Hall–Kier alpha value is -3.32. The summed E-state index contributed by atoms with van der Waals surface area (Å²) in [6.07, 6.45) is 0.201. The molecule has 0 saturated heterocycles. The van der Waals surface area contributed by atoms with Crippen molar-refractivity contribution < 1.29 is 24.2 Å². The molecule has 0 saturated carbocycles. The summed E-state index contributed by atoms with van der Waals surface area (Å²) in [6, 6.07) is 10.4. The van der Waals surface area contributed by atoms with Crippen LogP contribution in [0.3, 0.4) is 0 Å². The van der Waals surface area contributed by atoms with E-state index in [9.17, 15) is 14.7 Å². The van der Waals surface area contributed by atoms with Crippen LogP contribution in [-0.2, 0) is 4.74 Å². The van der Waals surface area contributed by atoms with Gasteiger partial charge in [-0.05, 0) is 66.8 Å². The number of ether oxygens (including phenoxy) is 2. The number of amides is 2. The van der Waals surface area contributed by atoms with Crippen LogP contribution >= 0.6 is 0 Å². The molecular formula is C23H24N2O5. The van der Waals surface area contributed by atoms with Crippen LogP contribution < -0.4 is 9.64 Å². The second-order valence-corrected chi connectivity index (χ2v) is 7.57. The predicted octanol–water partition coefficient (Wildman–Crippen LogP) is 3.47. The molecular weight excluding hydrogens is 384 g/mol. The van der Waals surface area contributed by atoms with Gasteiger partial charge in [0.15, 0.2) is 6.23 Å². The van der Waals surface area contributed by atoms with Crippen molar-refractivity contribution in [3.63, 3.8) is 0 Å². The van der Waals surface area contributed by atoms with Gasteiger partial charge < -0.3 is 19.5 Å². The van der Waals surface area contributed by atoms with Crippen molar-refractivity contribution in [1.82, 2.24) is 4.90 Å². The number of aryl methyl sites for hydroxylation is 2. The number of hydrogen-bond donors (Lipinski definition) is 1. The maximum atomic E-state index is 13.4. The van der Waals surface area contributed by atoms with E-state index in [2.05, 4.69) is 0 Å². The molecule has 2 amide bonds. The van der Waals surface area contributed by atoms with Crippen LogP contribution in [0.1, 0.15) is 33.5 Å². The van der Waals surface area contributed by atoms with Gasteiger partial charge in [0.1, 0.15) is 5.75 Å². The van der Waals surface area contributed by atoms with Crippen LogP contribution in [0.15, 0.2) is 42.6 Å². The van der Waals surface area contributed by atoms with Gasteiger partial charge in [-0.25, -0.2) is 9.69 Å². The Bertz CT molecular complexity index is 1040. The molecule has 2 atom stereocenters. The fourth-order valence-electron chi connectivity index (χ4n) is 4.03. The number of rotatable bonds is 2. The average molecular weight is 408 g/mol. The first-order valence-corrected chi connectivity index (χ1v) is 9.70. The molecule has 0 aromatic heterocycles. The summed E-state index contributed by atoms with van der Waals surface area (Å²) >= 11 is 0. The molecule has 7 nitrogen and oxygen atoms in total. The van der Waals surface area contributed by atoms with Crippen molar-refractivity contribution in [3.8, 4) is 5.75 Å². The van der Waals surface area contributed by atoms with Crippen molar-refractivity contribution in [2.45, 2.75) is 32.5 Å². The van der Waals surface area contributed by atoms with E-state index in [1.165, 1.54) is 16.9 Å². The number of anilines is 1. The number of hydrogen-bond acceptors (Lipinski definition) is 5. The van der Waals surface area contributed by atoms with Crippen molar-refractivity contribution >= 4 is 23.3 Å². The molecule has 0 fully saturated rings. The number of benzene rings is 2. The minimum atomic E-state index is -1.25. The molecule has 0 radical (unpaired) electrons. The lowest BCUT2D eigenvalue weighted by Gasteiger charge is -2.31. The number of carbonyl (C=O) groups excluding carboxylic acids is 2. The summed E-state index contributed by atoms with van der Waals surface area (Å²) in [4.78, 5) is 28.7. The average Bonchev–Trinajstić information content (AvgIpc) is 3.18. The topological polar surface area (TPSA) is 79.3 Å². The zero-order valence-electron chi connectivity index (χ0n) is 17.4. The zero-order chi connectivity index (χ0) is 21.6. The molecule has 7 heteroatoms. The summed E-state index contributed by atoms with van der Waals surface area (Å²) in [6.45, 7) is 3.81. The predicted molar refractivity (Wildman–Crippen MR) is 112 cm³/mol. The first-order chi connectivity index (χ1) is 14.3. The third-order valence-corrected chi connectivity index (χ3v) is 5.86. The summed E-state index contributed by atoms with van der Waals surface area (Å²) in [5.41, 5.74) is 4.38. The van der Waals surface area contributed by atoms with Crippen molar-refractivity contribution in [3.05, 3.63) is 64.9 Å². The molecule has 0 bridgehead atoms. The molecule has 156 valence electrons. The second kappa shape index (κ2) is 7.50. The highest BCUT2D eigenvalue weighted by Gasteiger charge is 2.45. The number of carbonyl (C=O) groups is 2. The van der Waals surface area contributed by atoms with Crippen LogP contribution in [0.2, 0.25) is 0 Å². The Morgan fingerprint density at radius 1 is 1.10 bits per heavy atom.